The van der Waals surface area contributed by atoms with E-state index in [1.54, 1.807) is 7.11 Å². The number of nitrogens with zero attached hydrogens (tertiary/aromatic N) is 3. The molecule has 1 aromatic heterocycles. The summed E-state index contributed by atoms with van der Waals surface area (Å²) in [5.74, 6) is 0.371. The third-order valence-corrected chi connectivity index (χ3v) is 4.41. The molecule has 1 aliphatic rings. The molecule has 2 aromatic rings. The maximum Gasteiger partial charge on any atom is 0.339 e. The second-order valence-electron chi connectivity index (χ2n) is 5.97. The topological polar surface area (TPSA) is 94.8 Å². The number of pyridine rings is 1. The number of anilines is 1. The number of rotatable bonds is 5. The molecule has 1 aromatic carbocycles. The van der Waals surface area contributed by atoms with Gasteiger partial charge in [0, 0.05) is 25.4 Å². The number of hydrogen-bond donors (Lipinski definition) is 0. The third kappa shape index (κ3) is 3.89. The Hall–Kier alpha value is -3.42. The van der Waals surface area contributed by atoms with E-state index in [-0.39, 0.29) is 17.1 Å². The molecule has 2 heterocycles. The van der Waals surface area contributed by atoms with Crippen molar-refractivity contribution in [3.8, 4) is 5.75 Å². The van der Waals surface area contributed by atoms with E-state index in [1.807, 2.05) is 35.2 Å². The highest BCUT2D eigenvalue weighted by Crippen LogP contribution is 2.31. The Labute approximate surface area is 156 Å². The van der Waals surface area contributed by atoms with Crippen LogP contribution in [0.1, 0.15) is 22.3 Å². The van der Waals surface area contributed by atoms with Crippen molar-refractivity contribution in [2.24, 2.45) is 0 Å². The normalized spacial score (nSPS) is 13.7. The van der Waals surface area contributed by atoms with Crippen molar-refractivity contribution in [3.05, 3.63) is 63.8 Å². The van der Waals surface area contributed by atoms with Gasteiger partial charge in [0.05, 0.1) is 24.7 Å². The van der Waals surface area contributed by atoms with E-state index in [4.69, 9.17) is 4.74 Å². The fourth-order valence-corrected chi connectivity index (χ4v) is 3.00. The smallest absolute Gasteiger partial charge is 0.339 e. The summed E-state index contributed by atoms with van der Waals surface area (Å²) in [6.07, 6.45) is 4.04. The molecule has 0 aliphatic carbocycles. The number of esters is 1. The second-order valence-corrected chi connectivity index (χ2v) is 5.97. The minimum Gasteiger partial charge on any atom is -0.497 e. The van der Waals surface area contributed by atoms with Gasteiger partial charge in [-0.15, -0.1) is 0 Å². The first-order valence-electron chi connectivity index (χ1n) is 8.34. The van der Waals surface area contributed by atoms with Gasteiger partial charge in [-0.25, -0.2) is 9.78 Å². The molecule has 0 N–H and O–H groups in total. The van der Waals surface area contributed by atoms with Gasteiger partial charge in [0.2, 0.25) is 5.82 Å². The molecule has 27 heavy (non-hydrogen) atoms. The Kier molecular flexibility index (Phi) is 5.35. The molecule has 0 radical (unpaired) electrons. The molecule has 140 valence electrons. The maximum atomic E-state index is 11.6. The molecule has 0 atom stereocenters. The molecule has 1 aliphatic heterocycles. The molecule has 0 saturated heterocycles. The fraction of sp³-hybridized carbons (Fsp3) is 0.263. The van der Waals surface area contributed by atoms with Crippen LogP contribution >= 0.6 is 0 Å². The van der Waals surface area contributed by atoms with Gasteiger partial charge in [-0.1, -0.05) is 18.2 Å². The van der Waals surface area contributed by atoms with Gasteiger partial charge in [0.25, 0.3) is 0 Å². The van der Waals surface area contributed by atoms with Crippen LogP contribution in [-0.4, -0.2) is 43.2 Å². The number of carbonyl (C=O) groups is 1. The zero-order valence-corrected chi connectivity index (χ0v) is 15.0. The number of nitro groups is 1. The predicted molar refractivity (Wildman–Crippen MR) is 100 cm³/mol. The van der Waals surface area contributed by atoms with Gasteiger partial charge in [0.15, 0.2) is 0 Å². The lowest BCUT2D eigenvalue weighted by Crippen LogP contribution is -2.29. The van der Waals surface area contributed by atoms with Crippen LogP contribution in [0.5, 0.6) is 5.75 Å². The van der Waals surface area contributed by atoms with Gasteiger partial charge in [0.1, 0.15) is 5.75 Å². The number of methoxy groups -OCH3 is 2. The highest BCUT2D eigenvalue weighted by Gasteiger charge is 2.25. The quantitative estimate of drug-likeness (QED) is 0.454. The first-order chi connectivity index (χ1) is 13.0. The van der Waals surface area contributed by atoms with Crippen LogP contribution in [0.4, 0.5) is 11.5 Å². The zero-order chi connectivity index (χ0) is 19.4. The van der Waals surface area contributed by atoms with Crippen LogP contribution in [0.3, 0.4) is 0 Å². The number of benzene rings is 1. The first-order valence-corrected chi connectivity index (χ1v) is 8.34. The Morgan fingerprint density at radius 1 is 1.30 bits per heavy atom. The van der Waals surface area contributed by atoms with E-state index >= 15 is 0 Å². The lowest BCUT2D eigenvalue weighted by Gasteiger charge is -2.27. The molecule has 3 rings (SSSR count). The van der Waals surface area contributed by atoms with Gasteiger partial charge >= 0.3 is 11.7 Å². The third-order valence-electron chi connectivity index (χ3n) is 4.41. The van der Waals surface area contributed by atoms with Crippen LogP contribution in [0.2, 0.25) is 0 Å². The Morgan fingerprint density at radius 2 is 2.11 bits per heavy atom. The van der Waals surface area contributed by atoms with Gasteiger partial charge < -0.3 is 14.4 Å². The molecule has 0 spiro atoms. The number of carbonyl (C=O) groups excluding carboxylic acids is 1. The maximum absolute atomic E-state index is 11.6. The first kappa shape index (κ1) is 18.4. The predicted octanol–water partition coefficient (Wildman–Crippen LogP) is 3.08. The summed E-state index contributed by atoms with van der Waals surface area (Å²) in [5, 5.41) is 11.4. The van der Waals surface area contributed by atoms with Crippen molar-refractivity contribution in [2.45, 2.75) is 6.42 Å². The summed E-state index contributed by atoms with van der Waals surface area (Å²) in [6, 6.07) is 8.99. The Bertz CT molecular complexity index is 910. The van der Waals surface area contributed by atoms with Crippen molar-refractivity contribution in [1.29, 1.82) is 0 Å². The molecule has 0 bridgehead atoms. The summed E-state index contributed by atoms with van der Waals surface area (Å²) in [6.45, 7) is 1.06. The highest BCUT2D eigenvalue weighted by molar-refractivity contribution is 5.90. The Morgan fingerprint density at radius 3 is 2.74 bits per heavy atom. The van der Waals surface area contributed by atoms with Crippen LogP contribution in [0.25, 0.3) is 5.57 Å². The van der Waals surface area contributed by atoms with Crippen LogP contribution in [0, 0.1) is 10.1 Å². The summed E-state index contributed by atoms with van der Waals surface area (Å²) in [4.78, 5) is 28.5. The van der Waals surface area contributed by atoms with Crippen molar-refractivity contribution >= 4 is 23.0 Å². The number of hydrogen-bond acceptors (Lipinski definition) is 7. The lowest BCUT2D eigenvalue weighted by atomic mass is 9.99. The van der Waals surface area contributed by atoms with Crippen LogP contribution in [-0.2, 0) is 4.74 Å². The summed E-state index contributed by atoms with van der Waals surface area (Å²) in [5.41, 5.74) is 2.06. The van der Waals surface area contributed by atoms with Crippen LogP contribution in [0.15, 0.2) is 42.6 Å². The molecule has 8 nitrogen and oxygen atoms in total. The largest absolute Gasteiger partial charge is 0.497 e. The molecular formula is C19H19N3O5. The lowest BCUT2D eigenvalue weighted by molar-refractivity contribution is -0.384. The number of ether oxygens (including phenoxy) is 2. The van der Waals surface area contributed by atoms with Crippen molar-refractivity contribution in [1.82, 2.24) is 4.98 Å². The standard InChI is InChI=1S/C19H19N3O5/c1-26-16-5-3-4-14(10-16)13-6-8-21(9-7-13)18-17(22(24)25)11-15(12-20-18)19(23)27-2/h3-6,10-12H,7-9H2,1-2H3. The summed E-state index contributed by atoms with van der Waals surface area (Å²) >= 11 is 0. The van der Waals surface area contributed by atoms with E-state index in [0.717, 1.165) is 16.9 Å². The van der Waals surface area contributed by atoms with Crippen molar-refractivity contribution < 1.29 is 19.2 Å². The molecule has 8 heteroatoms. The monoisotopic (exact) mass is 369 g/mol. The van der Waals surface area contributed by atoms with E-state index < -0.39 is 10.9 Å². The minimum absolute atomic E-state index is 0.0533. The SMILES string of the molecule is COC(=O)c1cnc(N2CC=C(c3cccc(OC)c3)CC2)c([N+](=O)[O-])c1. The second kappa shape index (κ2) is 7.86. The van der Waals surface area contributed by atoms with E-state index in [1.165, 1.54) is 19.4 Å². The van der Waals surface area contributed by atoms with E-state index in [2.05, 4.69) is 9.72 Å². The average molecular weight is 369 g/mol. The number of aromatic nitrogens is 1. The molecule has 0 saturated carbocycles. The van der Waals surface area contributed by atoms with Crippen LogP contribution < -0.4 is 9.64 Å². The molecule has 0 unspecified atom stereocenters. The summed E-state index contributed by atoms with van der Waals surface area (Å²) in [7, 11) is 2.84. The summed E-state index contributed by atoms with van der Waals surface area (Å²) < 4.78 is 9.86. The van der Waals surface area contributed by atoms with Crippen molar-refractivity contribution in [3.63, 3.8) is 0 Å². The fourth-order valence-electron chi connectivity index (χ4n) is 3.00. The molecular weight excluding hydrogens is 350 g/mol. The molecule has 0 fully saturated rings. The van der Waals surface area contributed by atoms with Gasteiger partial charge in [-0.3, -0.25) is 10.1 Å². The molecule has 0 amide bonds. The Balaban J connectivity index is 1.85. The van der Waals surface area contributed by atoms with Gasteiger partial charge in [-0.2, -0.15) is 0 Å². The van der Waals surface area contributed by atoms with Crippen molar-refractivity contribution in [2.75, 3.05) is 32.2 Å². The van der Waals surface area contributed by atoms with Gasteiger partial charge in [-0.05, 0) is 29.7 Å². The zero-order valence-electron chi connectivity index (χ0n) is 15.0. The highest BCUT2D eigenvalue weighted by atomic mass is 16.6. The minimum atomic E-state index is -0.656. The average Bonchev–Trinajstić information content (AvgIpc) is 2.72. The van der Waals surface area contributed by atoms with E-state index in [0.29, 0.717) is 19.5 Å². The van der Waals surface area contributed by atoms with E-state index in [9.17, 15) is 14.9 Å².